The van der Waals surface area contributed by atoms with Gasteiger partial charge in [-0.2, -0.15) is 0 Å². The van der Waals surface area contributed by atoms with Crippen LogP contribution in [-0.2, 0) is 16.0 Å². The molecular weight excluding hydrogens is 373 g/mol. The van der Waals surface area contributed by atoms with E-state index < -0.39 is 6.09 Å². The first-order valence-corrected chi connectivity index (χ1v) is 9.97. The number of anilines is 2. The molecule has 29 heavy (non-hydrogen) atoms. The van der Waals surface area contributed by atoms with Crippen molar-refractivity contribution in [1.82, 2.24) is 5.32 Å². The van der Waals surface area contributed by atoms with Crippen LogP contribution >= 0.6 is 0 Å². The van der Waals surface area contributed by atoms with Gasteiger partial charge in [0.25, 0.3) is 0 Å². The summed E-state index contributed by atoms with van der Waals surface area (Å²) in [7, 11) is 0. The minimum atomic E-state index is -0.439. The molecule has 2 fully saturated rings. The Bertz CT molecular complexity index is 853. The third kappa shape index (κ3) is 4.68. The molecule has 2 aliphatic rings. The highest BCUT2D eigenvalue weighted by Crippen LogP contribution is 2.28. The molecule has 1 N–H and O–H groups in total. The van der Waals surface area contributed by atoms with E-state index >= 15 is 0 Å². The third-order valence-electron chi connectivity index (χ3n) is 5.29. The largest absolute Gasteiger partial charge is 0.443 e. The van der Waals surface area contributed by atoms with Crippen molar-refractivity contribution in [2.45, 2.75) is 19.6 Å². The topological polar surface area (TPSA) is 54.0 Å². The first-order chi connectivity index (χ1) is 14.1. The Hall–Kier alpha value is -2.64. The number of nitrogens with zero attached hydrogens (tertiary/aromatic N) is 2. The second-order valence-electron chi connectivity index (χ2n) is 7.47. The molecule has 0 aliphatic carbocycles. The van der Waals surface area contributed by atoms with Gasteiger partial charge in [0.05, 0.1) is 31.1 Å². The molecule has 1 atom stereocenters. The van der Waals surface area contributed by atoms with Crippen molar-refractivity contribution in [3.8, 4) is 0 Å². The Morgan fingerprint density at radius 3 is 2.62 bits per heavy atom. The van der Waals surface area contributed by atoms with Crippen molar-refractivity contribution in [3.05, 3.63) is 59.4 Å². The van der Waals surface area contributed by atoms with Gasteiger partial charge in [-0.1, -0.05) is 29.8 Å². The number of carbonyl (C=O) groups excluding carboxylic acids is 1. The Morgan fingerprint density at radius 1 is 1.14 bits per heavy atom. The lowest BCUT2D eigenvalue weighted by atomic mass is 10.1. The van der Waals surface area contributed by atoms with Gasteiger partial charge in [-0.3, -0.25) is 4.90 Å². The zero-order valence-electron chi connectivity index (χ0n) is 16.6. The van der Waals surface area contributed by atoms with Crippen LogP contribution in [0.25, 0.3) is 0 Å². The van der Waals surface area contributed by atoms with Crippen molar-refractivity contribution >= 4 is 17.5 Å². The number of aryl methyl sites for hydroxylation is 1. The van der Waals surface area contributed by atoms with E-state index in [9.17, 15) is 9.18 Å². The fourth-order valence-electron chi connectivity index (χ4n) is 3.65. The van der Waals surface area contributed by atoms with E-state index in [1.54, 1.807) is 12.1 Å². The normalized spacial score (nSPS) is 19.5. The van der Waals surface area contributed by atoms with Crippen LogP contribution in [0.4, 0.5) is 20.6 Å². The molecule has 2 saturated heterocycles. The summed E-state index contributed by atoms with van der Waals surface area (Å²) in [4.78, 5) is 15.7. The summed E-state index contributed by atoms with van der Waals surface area (Å²) >= 11 is 0. The minimum absolute atomic E-state index is 0.269. The number of morpholine rings is 1. The zero-order chi connectivity index (χ0) is 20.2. The van der Waals surface area contributed by atoms with Gasteiger partial charge in [-0.25, -0.2) is 9.18 Å². The third-order valence-corrected chi connectivity index (χ3v) is 5.29. The van der Waals surface area contributed by atoms with Gasteiger partial charge in [0.1, 0.15) is 11.9 Å². The Morgan fingerprint density at radius 2 is 1.90 bits per heavy atom. The number of halogens is 1. The summed E-state index contributed by atoms with van der Waals surface area (Å²) < 4.78 is 25.4. The van der Waals surface area contributed by atoms with Crippen molar-refractivity contribution in [2.75, 3.05) is 49.2 Å². The fraction of sp³-hybridized carbons (Fsp3) is 0.409. The molecule has 4 rings (SSSR count). The van der Waals surface area contributed by atoms with Gasteiger partial charge < -0.3 is 19.7 Å². The molecule has 0 bridgehead atoms. The van der Waals surface area contributed by atoms with Crippen LogP contribution < -0.4 is 15.1 Å². The average Bonchev–Trinajstić information content (AvgIpc) is 3.10. The molecule has 0 aromatic heterocycles. The van der Waals surface area contributed by atoms with Crippen LogP contribution in [0.1, 0.15) is 11.1 Å². The number of nitrogens with one attached hydrogen (secondary N) is 1. The number of carbonyl (C=O) groups is 1. The zero-order valence-corrected chi connectivity index (χ0v) is 16.6. The molecule has 0 unspecified atom stereocenters. The Balaban J connectivity index is 1.33. The van der Waals surface area contributed by atoms with E-state index in [-0.39, 0.29) is 11.9 Å². The van der Waals surface area contributed by atoms with Gasteiger partial charge >= 0.3 is 6.09 Å². The number of hydrogen-bond donors (Lipinski definition) is 1. The van der Waals surface area contributed by atoms with Crippen molar-refractivity contribution < 1.29 is 18.7 Å². The Labute approximate surface area is 170 Å². The highest BCUT2D eigenvalue weighted by molar-refractivity contribution is 5.90. The lowest BCUT2D eigenvalue weighted by molar-refractivity contribution is 0.122. The first-order valence-electron chi connectivity index (χ1n) is 9.97. The molecule has 2 aromatic carbocycles. The molecule has 0 radical (unpaired) electrons. The minimum Gasteiger partial charge on any atom is -0.443 e. The molecule has 6 nitrogen and oxygen atoms in total. The smallest absolute Gasteiger partial charge is 0.414 e. The number of amides is 1. The standard InChI is InChI=1S/C22H26FN3O3/c1-16-2-4-17(5-3-16)13-24-14-19-15-26(22(27)29-19)18-6-7-21(20(23)12-18)25-8-10-28-11-9-25/h2-7,12,19,24H,8-11,13-15H2,1H3/t19-/m0/s1. The lowest BCUT2D eigenvalue weighted by Crippen LogP contribution is -2.36. The number of benzene rings is 2. The van der Waals surface area contributed by atoms with Crippen molar-refractivity contribution in [3.63, 3.8) is 0 Å². The Kier molecular flexibility index (Phi) is 5.97. The molecule has 154 valence electrons. The van der Waals surface area contributed by atoms with E-state index in [1.807, 2.05) is 4.90 Å². The van der Waals surface area contributed by atoms with E-state index in [0.29, 0.717) is 57.3 Å². The molecule has 2 heterocycles. The van der Waals surface area contributed by atoms with Crippen molar-refractivity contribution in [1.29, 1.82) is 0 Å². The predicted octanol–water partition coefficient (Wildman–Crippen LogP) is 3.09. The SMILES string of the molecule is Cc1ccc(CNC[C@H]2CN(c3ccc(N4CCOCC4)c(F)c3)C(=O)O2)cc1. The highest BCUT2D eigenvalue weighted by Gasteiger charge is 2.32. The van der Waals surface area contributed by atoms with Crippen LogP contribution in [-0.4, -0.2) is 51.6 Å². The van der Waals surface area contributed by atoms with Gasteiger partial charge in [0.2, 0.25) is 0 Å². The second-order valence-corrected chi connectivity index (χ2v) is 7.47. The number of cyclic esters (lactones) is 1. The van der Waals surface area contributed by atoms with Gasteiger partial charge in [-0.15, -0.1) is 0 Å². The summed E-state index contributed by atoms with van der Waals surface area (Å²) in [5.41, 5.74) is 3.46. The summed E-state index contributed by atoms with van der Waals surface area (Å²) in [5.74, 6) is -0.335. The number of rotatable bonds is 6. The summed E-state index contributed by atoms with van der Waals surface area (Å²) in [6.45, 7) is 6.22. The summed E-state index contributed by atoms with van der Waals surface area (Å²) in [5, 5.41) is 3.32. The van der Waals surface area contributed by atoms with Crippen LogP contribution in [0.3, 0.4) is 0 Å². The molecule has 0 saturated carbocycles. The summed E-state index contributed by atoms with van der Waals surface area (Å²) in [6, 6.07) is 13.2. The molecular formula is C22H26FN3O3. The van der Waals surface area contributed by atoms with E-state index in [4.69, 9.17) is 9.47 Å². The number of ether oxygens (including phenoxy) is 2. The first kappa shape index (κ1) is 19.7. The van der Waals surface area contributed by atoms with Gasteiger partial charge in [0, 0.05) is 26.2 Å². The summed E-state index contributed by atoms with van der Waals surface area (Å²) in [6.07, 6.45) is -0.708. The van der Waals surface area contributed by atoms with E-state index in [0.717, 1.165) is 0 Å². The van der Waals surface area contributed by atoms with Crippen LogP contribution in [0.2, 0.25) is 0 Å². The number of hydrogen-bond acceptors (Lipinski definition) is 5. The fourth-order valence-corrected chi connectivity index (χ4v) is 3.65. The molecule has 0 spiro atoms. The van der Waals surface area contributed by atoms with Crippen LogP contribution in [0, 0.1) is 12.7 Å². The molecule has 2 aliphatic heterocycles. The van der Waals surface area contributed by atoms with Gasteiger partial charge in [-0.05, 0) is 30.7 Å². The molecule has 2 aromatic rings. The monoisotopic (exact) mass is 399 g/mol. The van der Waals surface area contributed by atoms with E-state index in [2.05, 4.69) is 36.5 Å². The van der Waals surface area contributed by atoms with Crippen LogP contribution in [0.5, 0.6) is 0 Å². The van der Waals surface area contributed by atoms with E-state index in [1.165, 1.54) is 22.1 Å². The molecule has 7 heteroatoms. The average molecular weight is 399 g/mol. The maximum absolute atomic E-state index is 14.7. The van der Waals surface area contributed by atoms with Crippen molar-refractivity contribution in [2.24, 2.45) is 0 Å². The lowest BCUT2D eigenvalue weighted by Gasteiger charge is -2.29. The van der Waals surface area contributed by atoms with Gasteiger partial charge in [0.15, 0.2) is 0 Å². The predicted molar refractivity (Wildman–Crippen MR) is 110 cm³/mol. The molecule has 1 amide bonds. The quantitative estimate of drug-likeness (QED) is 0.809. The van der Waals surface area contributed by atoms with Crippen LogP contribution in [0.15, 0.2) is 42.5 Å². The highest BCUT2D eigenvalue weighted by atomic mass is 19.1. The maximum atomic E-state index is 14.7. The second kappa shape index (κ2) is 8.80. The maximum Gasteiger partial charge on any atom is 0.414 e.